The van der Waals surface area contributed by atoms with Gasteiger partial charge in [0.25, 0.3) is 0 Å². The molecule has 1 amide bonds. The lowest BCUT2D eigenvalue weighted by molar-refractivity contribution is -0.160. The van der Waals surface area contributed by atoms with Crippen LogP contribution in [-0.2, 0) is 9.53 Å². The third-order valence-corrected chi connectivity index (χ3v) is 7.01. The van der Waals surface area contributed by atoms with Crippen LogP contribution in [0.5, 0.6) is 0 Å². The van der Waals surface area contributed by atoms with Crippen molar-refractivity contribution in [3.63, 3.8) is 0 Å². The minimum atomic E-state index is -1.73. The van der Waals surface area contributed by atoms with E-state index in [4.69, 9.17) is 10.5 Å². The highest BCUT2D eigenvalue weighted by Gasteiger charge is 2.37. The predicted octanol–water partition coefficient (Wildman–Crippen LogP) is 2.80. The van der Waals surface area contributed by atoms with E-state index in [2.05, 4.69) is 15.3 Å². The number of rotatable bonds is 5. The first-order valence-corrected chi connectivity index (χ1v) is 11.2. The molecular formula is C20H26F2N4O2S. The number of hydrogen-bond donors (Lipinski definition) is 2. The molecule has 0 aromatic rings. The van der Waals surface area contributed by atoms with E-state index in [-0.39, 0.29) is 30.9 Å². The maximum Gasteiger partial charge on any atom is 0.241 e. The molecule has 9 heteroatoms. The molecule has 2 fully saturated rings. The number of nitrogens with one attached hydrogen (secondary N) is 1. The SMILES string of the molecule is NC[C@@]1(F)CC[C@@H](SCC2=NC3=CC(=NC4CCCC4)C=C(F)C3C(=O)N2)CO1. The van der Waals surface area contributed by atoms with E-state index >= 15 is 0 Å². The Labute approximate surface area is 173 Å². The number of amidine groups is 1. The molecule has 2 aliphatic carbocycles. The van der Waals surface area contributed by atoms with E-state index in [0.717, 1.165) is 25.7 Å². The Hall–Kier alpha value is -1.58. The number of halogens is 2. The molecule has 0 radical (unpaired) electrons. The molecule has 6 nitrogen and oxygen atoms in total. The van der Waals surface area contributed by atoms with Gasteiger partial charge in [0.1, 0.15) is 17.6 Å². The third-order valence-electron chi connectivity index (χ3n) is 5.73. The largest absolute Gasteiger partial charge is 0.344 e. The van der Waals surface area contributed by atoms with E-state index in [1.54, 1.807) is 17.8 Å². The molecule has 3 atom stereocenters. The van der Waals surface area contributed by atoms with Crippen molar-refractivity contribution >= 4 is 29.2 Å². The summed E-state index contributed by atoms with van der Waals surface area (Å²) in [5.74, 6) is -2.75. The minimum absolute atomic E-state index is 0.0965. The van der Waals surface area contributed by atoms with Gasteiger partial charge in [0.05, 0.1) is 36.4 Å². The second kappa shape index (κ2) is 8.65. The summed E-state index contributed by atoms with van der Waals surface area (Å²) in [4.78, 5) is 21.5. The summed E-state index contributed by atoms with van der Waals surface area (Å²) in [7, 11) is 0. The topological polar surface area (TPSA) is 89.1 Å². The van der Waals surface area contributed by atoms with Crippen molar-refractivity contribution in [3.05, 3.63) is 23.7 Å². The van der Waals surface area contributed by atoms with Gasteiger partial charge in [0.15, 0.2) is 0 Å². The Morgan fingerprint density at radius 2 is 2.14 bits per heavy atom. The van der Waals surface area contributed by atoms with Gasteiger partial charge in [-0.1, -0.05) is 12.8 Å². The van der Waals surface area contributed by atoms with Gasteiger partial charge in [-0.15, -0.1) is 11.8 Å². The van der Waals surface area contributed by atoms with Gasteiger partial charge in [-0.2, -0.15) is 0 Å². The van der Waals surface area contributed by atoms with E-state index in [0.29, 0.717) is 29.4 Å². The van der Waals surface area contributed by atoms with Crippen molar-refractivity contribution < 1.29 is 18.3 Å². The lowest BCUT2D eigenvalue weighted by Gasteiger charge is -2.33. The molecule has 1 saturated carbocycles. The zero-order valence-corrected chi connectivity index (χ0v) is 17.0. The molecule has 2 aliphatic heterocycles. The van der Waals surface area contributed by atoms with Crippen LogP contribution < -0.4 is 11.1 Å². The average Bonchev–Trinajstić information content (AvgIpc) is 3.20. The Kier molecular flexibility index (Phi) is 6.17. The number of ether oxygens (including phenoxy) is 1. The van der Waals surface area contributed by atoms with Gasteiger partial charge >= 0.3 is 0 Å². The second-order valence-corrected chi connectivity index (χ2v) is 9.23. The van der Waals surface area contributed by atoms with Crippen LogP contribution in [0.4, 0.5) is 8.78 Å². The van der Waals surface area contributed by atoms with E-state index in [1.807, 2.05) is 0 Å². The van der Waals surface area contributed by atoms with Crippen molar-refractivity contribution in [2.75, 3.05) is 18.9 Å². The lowest BCUT2D eigenvalue weighted by Crippen LogP contribution is -2.44. The fourth-order valence-electron chi connectivity index (χ4n) is 4.05. The summed E-state index contributed by atoms with van der Waals surface area (Å²) in [5.41, 5.74) is 6.34. The van der Waals surface area contributed by atoms with Crippen LogP contribution in [0.25, 0.3) is 0 Å². The van der Waals surface area contributed by atoms with Crippen LogP contribution in [0.15, 0.2) is 33.7 Å². The zero-order valence-electron chi connectivity index (χ0n) is 16.2. The van der Waals surface area contributed by atoms with Crippen LogP contribution in [0.2, 0.25) is 0 Å². The highest BCUT2D eigenvalue weighted by Crippen LogP contribution is 2.33. The van der Waals surface area contributed by atoms with Gasteiger partial charge in [-0.25, -0.2) is 13.8 Å². The summed E-state index contributed by atoms with van der Waals surface area (Å²) in [5, 5.41) is 2.79. The van der Waals surface area contributed by atoms with Crippen LogP contribution >= 0.6 is 11.8 Å². The van der Waals surface area contributed by atoms with Crippen molar-refractivity contribution in [1.82, 2.24) is 5.32 Å². The van der Waals surface area contributed by atoms with Gasteiger partial charge in [-0.05, 0) is 31.4 Å². The number of carbonyl (C=O) groups is 1. The fourth-order valence-corrected chi connectivity index (χ4v) is 5.03. The molecule has 0 aromatic heterocycles. The number of nitrogens with zero attached hydrogens (tertiary/aromatic N) is 2. The average molecular weight is 425 g/mol. The first-order valence-electron chi connectivity index (χ1n) is 10.2. The molecule has 4 aliphatic rings. The number of aliphatic imine (C=N–C) groups is 2. The molecule has 0 bridgehead atoms. The maximum absolute atomic E-state index is 14.5. The monoisotopic (exact) mass is 424 g/mol. The predicted molar refractivity (Wildman–Crippen MR) is 110 cm³/mol. The van der Waals surface area contributed by atoms with Crippen molar-refractivity contribution in [2.45, 2.75) is 55.7 Å². The van der Waals surface area contributed by atoms with Gasteiger partial charge in [0.2, 0.25) is 11.8 Å². The summed E-state index contributed by atoms with van der Waals surface area (Å²) in [6.45, 7) is 0.118. The molecule has 1 saturated heterocycles. The molecule has 4 rings (SSSR count). The number of nitrogens with two attached hydrogens (primary N) is 1. The molecule has 3 N–H and O–H groups in total. The number of thioether (sulfide) groups is 1. The minimum Gasteiger partial charge on any atom is -0.344 e. The summed E-state index contributed by atoms with van der Waals surface area (Å²) < 4.78 is 33.8. The third kappa shape index (κ3) is 4.78. The standard InChI is InChI=1S/C20H26F2N4O2S/c21-15-7-13(24-12-3-1-2-4-12)8-16-18(15)19(27)26-17(25-16)10-29-14-5-6-20(22,11-23)28-9-14/h7-8,12,14,18H,1-6,9-11,23H2,(H,25,26,27)/t14-,18?,20-/m1/s1. The van der Waals surface area contributed by atoms with E-state index in [1.165, 1.54) is 6.08 Å². The van der Waals surface area contributed by atoms with Crippen molar-refractivity contribution in [3.8, 4) is 0 Å². The first-order chi connectivity index (χ1) is 14.0. The quantitative estimate of drug-likeness (QED) is 0.710. The molecule has 29 heavy (non-hydrogen) atoms. The van der Waals surface area contributed by atoms with Gasteiger partial charge < -0.3 is 15.8 Å². The Morgan fingerprint density at radius 1 is 1.34 bits per heavy atom. The Balaban J connectivity index is 1.42. The van der Waals surface area contributed by atoms with Crippen LogP contribution in [-0.4, -0.2) is 53.5 Å². The maximum atomic E-state index is 14.5. The number of hydrogen-bond acceptors (Lipinski definition) is 6. The van der Waals surface area contributed by atoms with Crippen molar-refractivity contribution in [1.29, 1.82) is 0 Å². The Morgan fingerprint density at radius 3 is 2.83 bits per heavy atom. The smallest absolute Gasteiger partial charge is 0.241 e. The van der Waals surface area contributed by atoms with Crippen LogP contribution in [0, 0.1) is 5.92 Å². The fraction of sp³-hybridized carbons (Fsp3) is 0.650. The second-order valence-electron chi connectivity index (χ2n) is 7.94. The number of alkyl halides is 1. The summed E-state index contributed by atoms with van der Waals surface area (Å²) >= 11 is 1.54. The zero-order chi connectivity index (χ0) is 20.4. The van der Waals surface area contributed by atoms with Crippen LogP contribution in [0.1, 0.15) is 38.5 Å². The Bertz CT molecular complexity index is 781. The van der Waals surface area contributed by atoms with E-state index in [9.17, 15) is 13.6 Å². The van der Waals surface area contributed by atoms with E-state index < -0.39 is 23.5 Å². The molecule has 0 aromatic carbocycles. The van der Waals surface area contributed by atoms with Gasteiger partial charge in [0, 0.05) is 11.7 Å². The highest BCUT2D eigenvalue weighted by molar-refractivity contribution is 8.00. The molecule has 2 heterocycles. The number of fused-ring (bicyclic) bond motifs is 1. The summed E-state index contributed by atoms with van der Waals surface area (Å²) in [6, 6.07) is 0.223. The number of allylic oxidation sites excluding steroid dienone is 2. The van der Waals surface area contributed by atoms with Crippen LogP contribution in [0.3, 0.4) is 0 Å². The highest BCUT2D eigenvalue weighted by atomic mass is 32.2. The normalized spacial score (nSPS) is 34.4. The number of carbonyl (C=O) groups excluding carboxylic acids is 1. The number of amides is 1. The van der Waals surface area contributed by atoms with Crippen molar-refractivity contribution in [2.24, 2.45) is 21.6 Å². The lowest BCUT2D eigenvalue weighted by atomic mass is 9.94. The molecular weight excluding hydrogens is 398 g/mol. The molecule has 158 valence electrons. The van der Waals surface area contributed by atoms with Gasteiger partial charge in [-0.3, -0.25) is 9.79 Å². The summed E-state index contributed by atoms with van der Waals surface area (Å²) in [6.07, 6.45) is 8.29. The molecule has 1 unspecified atom stereocenters. The molecule has 0 spiro atoms. The first kappa shape index (κ1) is 20.7.